The van der Waals surface area contributed by atoms with Crippen LogP contribution in [0.2, 0.25) is 0 Å². The van der Waals surface area contributed by atoms with E-state index in [2.05, 4.69) is 10.1 Å². The van der Waals surface area contributed by atoms with Crippen molar-refractivity contribution >= 4 is 5.91 Å². The number of nitrogens with two attached hydrogens (primary N) is 1. The number of methoxy groups -OCH3 is 1. The second-order valence-electron chi connectivity index (χ2n) is 5.00. The van der Waals surface area contributed by atoms with Gasteiger partial charge in [-0.1, -0.05) is 5.16 Å². The zero-order valence-electron chi connectivity index (χ0n) is 12.0. The lowest BCUT2D eigenvalue weighted by Gasteiger charge is -2.35. The molecule has 0 saturated carbocycles. The van der Waals surface area contributed by atoms with Crippen molar-refractivity contribution in [3.8, 4) is 0 Å². The molecule has 1 saturated heterocycles. The number of aryl methyl sites for hydroxylation is 1. The Bertz CT molecular complexity index is 437. The molecule has 0 bridgehead atoms. The van der Waals surface area contributed by atoms with Gasteiger partial charge in [-0.2, -0.15) is 0 Å². The Morgan fingerprint density at radius 3 is 2.70 bits per heavy atom. The molecule has 1 amide bonds. The van der Waals surface area contributed by atoms with E-state index in [1.165, 1.54) is 7.11 Å². The second-order valence-corrected chi connectivity index (χ2v) is 5.00. The van der Waals surface area contributed by atoms with Gasteiger partial charge >= 0.3 is 0 Å². The highest BCUT2D eigenvalue weighted by Gasteiger charge is 2.26. The Labute approximate surface area is 118 Å². The van der Waals surface area contributed by atoms with Crippen LogP contribution in [0.1, 0.15) is 11.5 Å². The number of ether oxygens (including phenoxy) is 1. The third kappa shape index (κ3) is 3.56. The van der Waals surface area contributed by atoms with Gasteiger partial charge in [0.2, 0.25) is 0 Å². The Morgan fingerprint density at radius 2 is 2.20 bits per heavy atom. The molecule has 2 N–H and O–H groups in total. The molecule has 0 aliphatic carbocycles. The summed E-state index contributed by atoms with van der Waals surface area (Å²) in [7, 11) is 1.51. The highest BCUT2D eigenvalue weighted by Crippen LogP contribution is 2.10. The Morgan fingerprint density at radius 1 is 1.50 bits per heavy atom. The maximum Gasteiger partial charge on any atom is 0.253 e. The lowest BCUT2D eigenvalue weighted by atomic mass is 10.2. The zero-order chi connectivity index (χ0) is 14.5. The van der Waals surface area contributed by atoms with Crippen molar-refractivity contribution in [2.24, 2.45) is 5.73 Å². The number of rotatable bonds is 5. The topological polar surface area (TPSA) is 84.8 Å². The number of nitrogens with zero attached hydrogens (tertiary/aromatic N) is 3. The summed E-state index contributed by atoms with van der Waals surface area (Å²) in [5.41, 5.74) is 6.41. The molecule has 1 aliphatic rings. The van der Waals surface area contributed by atoms with Crippen LogP contribution in [0.15, 0.2) is 10.6 Å². The van der Waals surface area contributed by atoms with Gasteiger partial charge in [-0.05, 0) is 6.92 Å². The van der Waals surface area contributed by atoms with Crippen LogP contribution in [-0.4, -0.2) is 66.8 Å². The fraction of sp³-hybridized carbons (Fsp3) is 0.692. The van der Waals surface area contributed by atoms with Crippen LogP contribution in [-0.2, 0) is 16.1 Å². The number of piperazine rings is 1. The van der Waals surface area contributed by atoms with Gasteiger partial charge in [0.15, 0.2) is 5.76 Å². The van der Waals surface area contributed by atoms with Crippen molar-refractivity contribution in [3.05, 3.63) is 17.5 Å². The molecular formula is C13H22N4O3. The molecule has 1 aliphatic heterocycles. The fourth-order valence-electron chi connectivity index (χ4n) is 2.34. The molecule has 1 aromatic heterocycles. The minimum atomic E-state index is -0.529. The zero-order valence-corrected chi connectivity index (χ0v) is 12.0. The van der Waals surface area contributed by atoms with Crippen LogP contribution in [0.5, 0.6) is 0 Å². The number of hydrogen-bond donors (Lipinski definition) is 1. The third-order valence-corrected chi connectivity index (χ3v) is 3.51. The first-order chi connectivity index (χ1) is 9.63. The van der Waals surface area contributed by atoms with Gasteiger partial charge in [0.1, 0.15) is 6.10 Å². The average molecular weight is 282 g/mol. The van der Waals surface area contributed by atoms with Crippen LogP contribution in [0, 0.1) is 6.92 Å². The fourth-order valence-corrected chi connectivity index (χ4v) is 2.34. The maximum atomic E-state index is 12.1. The monoisotopic (exact) mass is 282 g/mol. The number of hydrogen-bond acceptors (Lipinski definition) is 6. The van der Waals surface area contributed by atoms with E-state index in [9.17, 15) is 4.79 Å². The molecule has 0 radical (unpaired) electrons. The second kappa shape index (κ2) is 6.83. The van der Waals surface area contributed by atoms with Crippen LogP contribution in [0.3, 0.4) is 0 Å². The Balaban J connectivity index is 1.81. The SMILES string of the molecule is COC(CN)C(=O)N1CCN(Cc2cc(C)no2)CC1. The summed E-state index contributed by atoms with van der Waals surface area (Å²) < 4.78 is 10.3. The van der Waals surface area contributed by atoms with E-state index in [1.807, 2.05) is 17.9 Å². The summed E-state index contributed by atoms with van der Waals surface area (Å²) in [5.74, 6) is 0.837. The third-order valence-electron chi connectivity index (χ3n) is 3.51. The number of carbonyl (C=O) groups excluding carboxylic acids is 1. The van der Waals surface area contributed by atoms with Crippen molar-refractivity contribution in [2.75, 3.05) is 39.8 Å². The Hall–Kier alpha value is -1.44. The van der Waals surface area contributed by atoms with Gasteiger partial charge in [0.25, 0.3) is 5.91 Å². The molecule has 20 heavy (non-hydrogen) atoms. The van der Waals surface area contributed by atoms with E-state index in [0.29, 0.717) is 13.1 Å². The van der Waals surface area contributed by atoms with Gasteiger partial charge < -0.3 is 19.9 Å². The van der Waals surface area contributed by atoms with E-state index in [-0.39, 0.29) is 12.5 Å². The molecule has 1 aromatic rings. The van der Waals surface area contributed by atoms with Gasteiger partial charge in [0.05, 0.1) is 12.2 Å². The molecule has 0 aromatic carbocycles. The molecule has 2 heterocycles. The van der Waals surface area contributed by atoms with Crippen molar-refractivity contribution in [3.63, 3.8) is 0 Å². The molecule has 0 spiro atoms. The predicted octanol–water partition coefficient (Wildman–Crippen LogP) is -0.399. The summed E-state index contributed by atoms with van der Waals surface area (Å²) in [6, 6.07) is 1.94. The maximum absolute atomic E-state index is 12.1. The van der Waals surface area contributed by atoms with Crippen LogP contribution >= 0.6 is 0 Å². The van der Waals surface area contributed by atoms with Gasteiger partial charge in [-0.3, -0.25) is 9.69 Å². The molecule has 7 heteroatoms. The van der Waals surface area contributed by atoms with E-state index >= 15 is 0 Å². The predicted molar refractivity (Wildman–Crippen MR) is 72.9 cm³/mol. The standard InChI is InChI=1S/C13H22N4O3/c1-10-7-11(20-15-10)9-16-3-5-17(6-4-16)13(18)12(8-14)19-2/h7,12H,3-6,8-9,14H2,1-2H3. The highest BCUT2D eigenvalue weighted by atomic mass is 16.5. The molecule has 1 atom stereocenters. The first-order valence-corrected chi connectivity index (χ1v) is 6.80. The largest absolute Gasteiger partial charge is 0.370 e. The molecule has 2 rings (SSSR count). The summed E-state index contributed by atoms with van der Waals surface area (Å²) in [4.78, 5) is 16.2. The van der Waals surface area contributed by atoms with E-state index in [4.69, 9.17) is 15.0 Å². The summed E-state index contributed by atoms with van der Waals surface area (Å²) >= 11 is 0. The molecule has 112 valence electrons. The summed E-state index contributed by atoms with van der Waals surface area (Å²) in [5, 5.41) is 3.87. The number of amides is 1. The number of carbonyl (C=O) groups is 1. The molecule has 7 nitrogen and oxygen atoms in total. The van der Waals surface area contributed by atoms with Crippen LogP contribution in [0.4, 0.5) is 0 Å². The minimum absolute atomic E-state index is 0.0230. The Kier molecular flexibility index (Phi) is 5.11. The quantitative estimate of drug-likeness (QED) is 0.791. The first kappa shape index (κ1) is 15.0. The summed E-state index contributed by atoms with van der Waals surface area (Å²) in [6.07, 6.45) is -0.529. The van der Waals surface area contributed by atoms with Gasteiger partial charge in [-0.15, -0.1) is 0 Å². The van der Waals surface area contributed by atoms with Crippen LogP contribution in [0.25, 0.3) is 0 Å². The van der Waals surface area contributed by atoms with Crippen LogP contribution < -0.4 is 5.73 Å². The molecule has 1 unspecified atom stereocenters. The minimum Gasteiger partial charge on any atom is -0.370 e. The van der Waals surface area contributed by atoms with E-state index < -0.39 is 6.10 Å². The van der Waals surface area contributed by atoms with Crippen molar-refractivity contribution < 1.29 is 14.1 Å². The first-order valence-electron chi connectivity index (χ1n) is 6.80. The van der Waals surface area contributed by atoms with Gasteiger partial charge in [0, 0.05) is 45.9 Å². The van der Waals surface area contributed by atoms with Crippen molar-refractivity contribution in [2.45, 2.75) is 19.6 Å². The molecular weight excluding hydrogens is 260 g/mol. The van der Waals surface area contributed by atoms with E-state index in [1.54, 1.807) is 0 Å². The molecule has 1 fully saturated rings. The lowest BCUT2D eigenvalue weighted by molar-refractivity contribution is -0.143. The van der Waals surface area contributed by atoms with Crippen molar-refractivity contribution in [1.29, 1.82) is 0 Å². The van der Waals surface area contributed by atoms with Crippen molar-refractivity contribution in [1.82, 2.24) is 15.0 Å². The normalized spacial score (nSPS) is 18.2. The summed E-state index contributed by atoms with van der Waals surface area (Å²) in [6.45, 7) is 5.85. The van der Waals surface area contributed by atoms with Gasteiger partial charge in [-0.25, -0.2) is 0 Å². The van der Waals surface area contributed by atoms with E-state index in [0.717, 1.165) is 31.1 Å². The smallest absolute Gasteiger partial charge is 0.253 e. The number of aromatic nitrogens is 1. The highest BCUT2D eigenvalue weighted by molar-refractivity contribution is 5.81. The lowest BCUT2D eigenvalue weighted by Crippen LogP contribution is -2.52. The average Bonchev–Trinajstić information content (AvgIpc) is 2.86.